The first-order chi connectivity index (χ1) is 7.45. The second-order valence-electron chi connectivity index (χ2n) is 3.03. The largest absolute Gasteiger partial charge is 0.481 e. The minimum atomic E-state index is -2.75. The van der Waals surface area contributed by atoms with E-state index in [4.69, 9.17) is 10.8 Å². The maximum absolute atomic E-state index is 12.6. The summed E-state index contributed by atoms with van der Waals surface area (Å²) in [5.74, 6) is -1.11. The van der Waals surface area contributed by atoms with E-state index >= 15 is 0 Å². The molecule has 0 unspecified atom stereocenters. The molecule has 0 atom stereocenters. The first-order valence-corrected chi connectivity index (χ1v) is 5.41. The zero-order chi connectivity index (χ0) is 12.3. The van der Waals surface area contributed by atoms with Gasteiger partial charge in [-0.1, -0.05) is 0 Å². The summed E-state index contributed by atoms with van der Waals surface area (Å²) in [5, 5.41) is 8.56. The first-order valence-electron chi connectivity index (χ1n) is 4.34. The fourth-order valence-corrected chi connectivity index (χ4v) is 2.09. The lowest BCUT2D eigenvalue weighted by Crippen LogP contribution is -2.11. The Morgan fingerprint density at radius 2 is 2.25 bits per heavy atom. The third kappa shape index (κ3) is 3.08. The average Bonchev–Trinajstić information content (AvgIpc) is 2.15. The van der Waals surface area contributed by atoms with Crippen LogP contribution in [0, 0.1) is 3.57 Å². The van der Waals surface area contributed by atoms with Crippen molar-refractivity contribution in [3.8, 4) is 0 Å². The molecule has 0 radical (unpaired) electrons. The fraction of sp³-hybridized carbons (Fsp3) is 0.333. The van der Waals surface area contributed by atoms with Crippen molar-refractivity contribution in [2.45, 2.75) is 19.4 Å². The van der Waals surface area contributed by atoms with Gasteiger partial charge in [-0.25, -0.2) is 8.78 Å². The number of carboxylic acid groups (broad SMARTS) is 1. The molecule has 0 bridgehead atoms. The number of pyridine rings is 1. The highest BCUT2D eigenvalue weighted by Gasteiger charge is 2.18. The number of rotatable bonds is 4. The second-order valence-corrected chi connectivity index (χ2v) is 4.20. The molecule has 88 valence electrons. The van der Waals surface area contributed by atoms with E-state index in [2.05, 4.69) is 4.98 Å². The molecule has 4 nitrogen and oxygen atoms in total. The maximum atomic E-state index is 12.6. The highest BCUT2D eigenvalue weighted by molar-refractivity contribution is 14.1. The van der Waals surface area contributed by atoms with Crippen molar-refractivity contribution >= 4 is 28.6 Å². The van der Waals surface area contributed by atoms with Crippen molar-refractivity contribution < 1.29 is 18.7 Å². The van der Waals surface area contributed by atoms with E-state index in [0.29, 0.717) is 3.57 Å². The van der Waals surface area contributed by atoms with E-state index in [0.717, 1.165) is 0 Å². The van der Waals surface area contributed by atoms with E-state index < -0.39 is 18.1 Å². The molecule has 1 rings (SSSR count). The topological polar surface area (TPSA) is 76.2 Å². The van der Waals surface area contributed by atoms with Crippen LogP contribution in [0.3, 0.4) is 0 Å². The van der Waals surface area contributed by atoms with Crippen LogP contribution < -0.4 is 5.73 Å². The molecule has 1 aromatic heterocycles. The van der Waals surface area contributed by atoms with Gasteiger partial charge < -0.3 is 10.8 Å². The summed E-state index contributed by atoms with van der Waals surface area (Å²) in [6, 6.07) is 1.46. The van der Waals surface area contributed by atoms with E-state index in [1.165, 1.54) is 6.07 Å². The van der Waals surface area contributed by atoms with Crippen LogP contribution in [0.25, 0.3) is 0 Å². The van der Waals surface area contributed by atoms with Gasteiger partial charge in [-0.2, -0.15) is 0 Å². The van der Waals surface area contributed by atoms with Gasteiger partial charge >= 0.3 is 5.97 Å². The zero-order valence-electron chi connectivity index (χ0n) is 8.08. The number of aromatic nitrogens is 1. The van der Waals surface area contributed by atoms with Crippen LogP contribution in [0.15, 0.2) is 6.07 Å². The molecule has 7 heteroatoms. The van der Waals surface area contributed by atoms with Crippen molar-refractivity contribution in [1.29, 1.82) is 0 Å². The summed E-state index contributed by atoms with van der Waals surface area (Å²) >= 11 is 1.85. The minimum Gasteiger partial charge on any atom is -0.481 e. The molecule has 1 heterocycles. The first kappa shape index (κ1) is 13.2. The van der Waals surface area contributed by atoms with Crippen LogP contribution in [0.5, 0.6) is 0 Å². The highest BCUT2D eigenvalue weighted by Crippen LogP contribution is 2.25. The lowest BCUT2D eigenvalue weighted by Gasteiger charge is -2.10. The van der Waals surface area contributed by atoms with Gasteiger partial charge in [-0.3, -0.25) is 9.78 Å². The van der Waals surface area contributed by atoms with Crippen LogP contribution in [0.4, 0.5) is 8.78 Å². The lowest BCUT2D eigenvalue weighted by atomic mass is 10.1. The highest BCUT2D eigenvalue weighted by atomic mass is 127. The normalized spacial score (nSPS) is 10.8. The van der Waals surface area contributed by atoms with E-state index in [-0.39, 0.29) is 24.2 Å². The van der Waals surface area contributed by atoms with Gasteiger partial charge in [0, 0.05) is 15.7 Å². The van der Waals surface area contributed by atoms with Crippen LogP contribution in [0.2, 0.25) is 0 Å². The number of nitrogens with zero attached hydrogens (tertiary/aromatic N) is 1. The maximum Gasteiger partial charge on any atom is 0.309 e. The Hall–Kier alpha value is -0.830. The number of nitrogens with two attached hydrogens (primary N) is 1. The average molecular weight is 342 g/mol. The summed E-state index contributed by atoms with van der Waals surface area (Å²) in [6.07, 6.45) is -3.12. The summed E-state index contributed by atoms with van der Waals surface area (Å²) in [4.78, 5) is 14.1. The number of halogens is 3. The molecule has 0 aromatic carbocycles. The predicted octanol–water partition coefficient (Wildman–Crippen LogP) is 1.71. The summed E-state index contributed by atoms with van der Waals surface area (Å²) in [7, 11) is 0. The third-order valence-corrected chi connectivity index (χ3v) is 2.86. The summed E-state index contributed by atoms with van der Waals surface area (Å²) < 4.78 is 25.8. The van der Waals surface area contributed by atoms with Crippen LogP contribution >= 0.6 is 22.6 Å². The molecule has 1 aromatic rings. The summed E-state index contributed by atoms with van der Waals surface area (Å²) in [5.41, 5.74) is 5.30. The van der Waals surface area contributed by atoms with Gasteiger partial charge in [0.05, 0.1) is 12.1 Å². The van der Waals surface area contributed by atoms with Gasteiger partial charge in [0.15, 0.2) is 0 Å². The van der Waals surface area contributed by atoms with Crippen LogP contribution in [-0.2, 0) is 17.8 Å². The van der Waals surface area contributed by atoms with E-state index in [1.807, 2.05) is 22.6 Å². The number of hydrogen-bond acceptors (Lipinski definition) is 3. The Morgan fingerprint density at radius 1 is 1.62 bits per heavy atom. The Balaban J connectivity index is 3.22. The molecule has 0 fully saturated rings. The monoisotopic (exact) mass is 342 g/mol. The molecular weight excluding hydrogens is 333 g/mol. The third-order valence-electron chi connectivity index (χ3n) is 1.90. The Bertz CT molecular complexity index is 413. The molecule has 0 saturated carbocycles. The zero-order valence-corrected chi connectivity index (χ0v) is 10.2. The Labute approximate surface area is 104 Å². The van der Waals surface area contributed by atoms with Crippen LogP contribution in [-0.4, -0.2) is 16.1 Å². The van der Waals surface area contributed by atoms with Crippen molar-refractivity contribution in [1.82, 2.24) is 4.98 Å². The molecule has 0 aliphatic heterocycles. The van der Waals surface area contributed by atoms with Gasteiger partial charge in [0.1, 0.15) is 5.69 Å². The number of carbonyl (C=O) groups is 1. The van der Waals surface area contributed by atoms with Crippen molar-refractivity contribution in [2.75, 3.05) is 0 Å². The number of alkyl halides is 2. The number of carboxylic acids is 1. The van der Waals surface area contributed by atoms with Crippen molar-refractivity contribution in [2.24, 2.45) is 5.73 Å². The standard InChI is InChI=1S/C9H9F2IN2O2/c10-9(11)8-5(3-13)6(12)1-4(14-8)2-7(15)16/h1,9H,2-3,13H2,(H,15,16). The number of aliphatic carboxylic acids is 1. The molecule has 3 N–H and O–H groups in total. The molecule has 0 aliphatic rings. The Kier molecular flexibility index (Phi) is 4.54. The van der Waals surface area contributed by atoms with E-state index in [9.17, 15) is 13.6 Å². The number of hydrogen-bond donors (Lipinski definition) is 2. The van der Waals surface area contributed by atoms with Crippen molar-refractivity contribution in [3.05, 3.63) is 26.6 Å². The van der Waals surface area contributed by atoms with Crippen molar-refractivity contribution in [3.63, 3.8) is 0 Å². The quantitative estimate of drug-likeness (QED) is 0.817. The lowest BCUT2D eigenvalue weighted by molar-refractivity contribution is -0.136. The molecule has 0 aliphatic carbocycles. The Morgan fingerprint density at radius 3 is 2.69 bits per heavy atom. The smallest absolute Gasteiger partial charge is 0.309 e. The van der Waals surface area contributed by atoms with Gasteiger partial charge in [-0.05, 0) is 28.7 Å². The molecule has 0 spiro atoms. The van der Waals surface area contributed by atoms with Crippen LogP contribution in [0.1, 0.15) is 23.4 Å². The fourth-order valence-electron chi connectivity index (χ4n) is 1.24. The van der Waals surface area contributed by atoms with Gasteiger partial charge in [0.2, 0.25) is 0 Å². The molecule has 16 heavy (non-hydrogen) atoms. The SMILES string of the molecule is NCc1c(I)cc(CC(=O)O)nc1C(F)F. The van der Waals surface area contributed by atoms with E-state index in [1.54, 1.807) is 0 Å². The predicted molar refractivity (Wildman–Crippen MR) is 61.1 cm³/mol. The molecule has 0 amide bonds. The van der Waals surface area contributed by atoms with Gasteiger partial charge in [0.25, 0.3) is 6.43 Å². The second kappa shape index (κ2) is 5.48. The summed E-state index contributed by atoms with van der Waals surface area (Å²) in [6.45, 7) is -0.0434. The molecule has 0 saturated heterocycles. The minimum absolute atomic E-state index is 0.0434. The van der Waals surface area contributed by atoms with Gasteiger partial charge in [-0.15, -0.1) is 0 Å². The molecular formula is C9H9F2IN2O2.